The lowest BCUT2D eigenvalue weighted by molar-refractivity contribution is -0.137. The van der Waals surface area contributed by atoms with E-state index in [-0.39, 0.29) is 18.1 Å². The first kappa shape index (κ1) is 15.5. The van der Waals surface area contributed by atoms with Gasteiger partial charge in [0, 0.05) is 26.4 Å². The highest BCUT2D eigenvalue weighted by Crippen LogP contribution is 2.33. The quantitative estimate of drug-likeness (QED) is 0.881. The first-order valence-electron chi connectivity index (χ1n) is 8.00. The summed E-state index contributed by atoms with van der Waals surface area (Å²) in [4.78, 5) is 12.8. The molecule has 0 saturated carbocycles. The summed E-state index contributed by atoms with van der Waals surface area (Å²) in [5.41, 5.74) is 6.54. The van der Waals surface area contributed by atoms with E-state index in [9.17, 15) is 4.79 Å². The van der Waals surface area contributed by atoms with E-state index >= 15 is 0 Å². The first-order chi connectivity index (χ1) is 10.7. The minimum atomic E-state index is -0.484. The van der Waals surface area contributed by atoms with Crippen LogP contribution in [0.2, 0.25) is 0 Å². The summed E-state index contributed by atoms with van der Waals surface area (Å²) >= 11 is 0. The van der Waals surface area contributed by atoms with Gasteiger partial charge in [0.25, 0.3) is 0 Å². The summed E-state index contributed by atoms with van der Waals surface area (Å²) in [6, 6.07) is 10.1. The van der Waals surface area contributed by atoms with Crippen LogP contribution in [0.5, 0.6) is 0 Å². The normalized spacial score (nSPS) is 27.5. The van der Waals surface area contributed by atoms with Crippen LogP contribution < -0.4 is 11.1 Å². The molecule has 2 unspecified atom stereocenters. The topological polar surface area (TPSA) is 73.6 Å². The highest BCUT2D eigenvalue weighted by molar-refractivity contribution is 5.83. The third-order valence-electron chi connectivity index (χ3n) is 4.86. The van der Waals surface area contributed by atoms with Gasteiger partial charge in [-0.2, -0.15) is 0 Å². The van der Waals surface area contributed by atoms with Crippen LogP contribution in [0.4, 0.5) is 0 Å². The van der Waals surface area contributed by atoms with E-state index in [0.717, 1.165) is 12.0 Å². The third-order valence-corrected chi connectivity index (χ3v) is 4.86. The highest BCUT2D eigenvalue weighted by atomic mass is 16.5. The average molecular weight is 304 g/mol. The predicted octanol–water partition coefficient (Wildman–Crippen LogP) is 1.39. The van der Waals surface area contributed by atoms with Gasteiger partial charge in [0.2, 0.25) is 5.91 Å². The predicted molar refractivity (Wildman–Crippen MR) is 83.2 cm³/mol. The summed E-state index contributed by atoms with van der Waals surface area (Å²) in [5.74, 6) is 0.0507. The van der Waals surface area contributed by atoms with Crippen LogP contribution in [0, 0.1) is 5.41 Å². The number of benzene rings is 1. The Morgan fingerprint density at radius 3 is 2.64 bits per heavy atom. The van der Waals surface area contributed by atoms with Gasteiger partial charge >= 0.3 is 0 Å². The standard InChI is InChI=1S/C17H24N2O3/c18-12-17(7-10-21-11-8-17)16(20)19-14-6-9-22-15(14)13-4-2-1-3-5-13/h1-5,14-15H,6-12,18H2,(H,19,20). The summed E-state index contributed by atoms with van der Waals surface area (Å²) in [6.07, 6.45) is 2.15. The molecule has 2 fully saturated rings. The largest absolute Gasteiger partial charge is 0.381 e. The van der Waals surface area contributed by atoms with Crippen molar-refractivity contribution in [3.63, 3.8) is 0 Å². The Bertz CT molecular complexity index is 500. The fourth-order valence-corrected chi connectivity index (χ4v) is 3.32. The van der Waals surface area contributed by atoms with Gasteiger partial charge < -0.3 is 20.5 Å². The number of hydrogen-bond donors (Lipinski definition) is 2. The Hall–Kier alpha value is -1.43. The lowest BCUT2D eigenvalue weighted by atomic mass is 9.79. The molecule has 0 spiro atoms. The Balaban J connectivity index is 1.70. The average Bonchev–Trinajstić information content (AvgIpc) is 3.04. The maximum atomic E-state index is 12.8. The van der Waals surface area contributed by atoms with Gasteiger partial charge in [0.15, 0.2) is 0 Å². The fourth-order valence-electron chi connectivity index (χ4n) is 3.32. The van der Waals surface area contributed by atoms with E-state index in [1.165, 1.54) is 0 Å². The first-order valence-corrected chi connectivity index (χ1v) is 8.00. The minimum Gasteiger partial charge on any atom is -0.381 e. The second-order valence-corrected chi connectivity index (χ2v) is 6.17. The molecule has 5 nitrogen and oxygen atoms in total. The van der Waals surface area contributed by atoms with Gasteiger partial charge in [-0.15, -0.1) is 0 Å². The molecular formula is C17H24N2O3. The van der Waals surface area contributed by atoms with Crippen LogP contribution in [0.25, 0.3) is 0 Å². The van der Waals surface area contributed by atoms with Gasteiger partial charge in [-0.25, -0.2) is 0 Å². The van der Waals surface area contributed by atoms with Crippen molar-refractivity contribution in [3.05, 3.63) is 35.9 Å². The molecule has 1 aromatic carbocycles. The van der Waals surface area contributed by atoms with Gasteiger partial charge in [0.05, 0.1) is 11.5 Å². The van der Waals surface area contributed by atoms with Crippen molar-refractivity contribution in [1.29, 1.82) is 0 Å². The van der Waals surface area contributed by atoms with Crippen LogP contribution >= 0.6 is 0 Å². The number of ether oxygens (including phenoxy) is 2. The minimum absolute atomic E-state index is 0.0150. The van der Waals surface area contributed by atoms with Crippen LogP contribution in [0.1, 0.15) is 30.9 Å². The zero-order chi connectivity index (χ0) is 15.4. The monoisotopic (exact) mass is 304 g/mol. The zero-order valence-corrected chi connectivity index (χ0v) is 12.8. The molecule has 1 amide bonds. The van der Waals surface area contributed by atoms with Crippen molar-refractivity contribution in [2.45, 2.75) is 31.4 Å². The lowest BCUT2D eigenvalue weighted by Crippen LogP contribution is -2.52. The molecule has 2 heterocycles. The van der Waals surface area contributed by atoms with Crippen molar-refractivity contribution in [2.75, 3.05) is 26.4 Å². The summed E-state index contributed by atoms with van der Waals surface area (Å²) in [5, 5.41) is 3.19. The van der Waals surface area contributed by atoms with Gasteiger partial charge in [-0.05, 0) is 24.8 Å². The van der Waals surface area contributed by atoms with Crippen molar-refractivity contribution < 1.29 is 14.3 Å². The number of nitrogens with one attached hydrogen (secondary N) is 1. The molecule has 0 radical (unpaired) electrons. The van der Waals surface area contributed by atoms with Crippen molar-refractivity contribution in [2.24, 2.45) is 11.1 Å². The molecule has 2 atom stereocenters. The van der Waals surface area contributed by atoms with Crippen molar-refractivity contribution in [3.8, 4) is 0 Å². The summed E-state index contributed by atoms with van der Waals surface area (Å²) < 4.78 is 11.2. The van der Waals surface area contributed by atoms with Gasteiger partial charge in [-0.3, -0.25) is 4.79 Å². The second-order valence-electron chi connectivity index (χ2n) is 6.17. The second kappa shape index (κ2) is 6.77. The van der Waals surface area contributed by atoms with Crippen LogP contribution in [0.3, 0.4) is 0 Å². The SMILES string of the molecule is NCC1(C(=O)NC2CCOC2c2ccccc2)CCOCC1. The highest BCUT2D eigenvalue weighted by Gasteiger charge is 2.41. The van der Waals surface area contributed by atoms with Crippen LogP contribution in [0.15, 0.2) is 30.3 Å². The van der Waals surface area contributed by atoms with Gasteiger partial charge in [0.1, 0.15) is 6.10 Å². The van der Waals surface area contributed by atoms with Gasteiger partial charge in [-0.1, -0.05) is 30.3 Å². The molecule has 3 N–H and O–H groups in total. The fraction of sp³-hybridized carbons (Fsp3) is 0.588. The Morgan fingerprint density at radius 1 is 1.23 bits per heavy atom. The Labute approximate surface area is 131 Å². The smallest absolute Gasteiger partial charge is 0.227 e. The van der Waals surface area contributed by atoms with E-state index < -0.39 is 5.41 Å². The molecule has 5 heteroatoms. The maximum Gasteiger partial charge on any atom is 0.227 e. The van der Waals surface area contributed by atoms with Crippen LogP contribution in [-0.4, -0.2) is 38.3 Å². The molecule has 2 aliphatic heterocycles. The number of amides is 1. The molecule has 3 rings (SSSR count). The van der Waals surface area contributed by atoms with E-state index in [0.29, 0.717) is 39.2 Å². The van der Waals surface area contributed by atoms with E-state index in [1.807, 2.05) is 30.3 Å². The Kier molecular flexibility index (Phi) is 4.76. The Morgan fingerprint density at radius 2 is 1.95 bits per heavy atom. The molecule has 120 valence electrons. The molecule has 1 aromatic rings. The molecule has 22 heavy (non-hydrogen) atoms. The molecule has 2 saturated heterocycles. The summed E-state index contributed by atoms with van der Waals surface area (Å²) in [7, 11) is 0. The molecule has 0 aromatic heterocycles. The third kappa shape index (κ3) is 3.02. The van der Waals surface area contributed by atoms with Crippen molar-refractivity contribution >= 4 is 5.91 Å². The number of nitrogens with two attached hydrogens (primary N) is 1. The van der Waals surface area contributed by atoms with Crippen LogP contribution in [-0.2, 0) is 14.3 Å². The van der Waals surface area contributed by atoms with E-state index in [4.69, 9.17) is 15.2 Å². The number of carbonyl (C=O) groups excluding carboxylic acids is 1. The van der Waals surface area contributed by atoms with E-state index in [2.05, 4.69) is 5.32 Å². The maximum absolute atomic E-state index is 12.8. The number of rotatable bonds is 4. The number of carbonyl (C=O) groups is 1. The number of hydrogen-bond acceptors (Lipinski definition) is 4. The van der Waals surface area contributed by atoms with Crippen molar-refractivity contribution in [1.82, 2.24) is 5.32 Å². The molecule has 2 aliphatic rings. The molecule has 0 bridgehead atoms. The zero-order valence-electron chi connectivity index (χ0n) is 12.8. The molecule has 0 aliphatic carbocycles. The lowest BCUT2D eigenvalue weighted by Gasteiger charge is -2.36. The summed E-state index contributed by atoms with van der Waals surface area (Å²) in [6.45, 7) is 2.25. The molecular weight excluding hydrogens is 280 g/mol. The van der Waals surface area contributed by atoms with E-state index in [1.54, 1.807) is 0 Å².